The lowest BCUT2D eigenvalue weighted by atomic mass is 9.99. The molecule has 0 aliphatic carbocycles. The summed E-state index contributed by atoms with van der Waals surface area (Å²) in [7, 11) is 0. The molecule has 0 radical (unpaired) electrons. The van der Waals surface area contributed by atoms with E-state index >= 15 is 0 Å². The second-order valence-corrected chi connectivity index (χ2v) is 5.13. The zero-order valence-corrected chi connectivity index (χ0v) is 11.7. The van der Waals surface area contributed by atoms with Gasteiger partial charge in [0.2, 0.25) is 0 Å². The molecule has 90 valence electrons. The molecule has 1 aliphatic rings. The highest BCUT2D eigenvalue weighted by Crippen LogP contribution is 2.26. The van der Waals surface area contributed by atoms with E-state index in [1.807, 2.05) is 25.1 Å². The molecule has 0 N–H and O–H groups in total. The highest BCUT2D eigenvalue weighted by atomic mass is 35.5. The molecular weight excluding hydrogens is 277 g/mol. The van der Waals surface area contributed by atoms with E-state index in [2.05, 4.69) is 4.99 Å². The fraction of sp³-hybridized carbons (Fsp3) is 0.308. The largest absolute Gasteiger partial charge is 0.239 e. The van der Waals surface area contributed by atoms with Crippen LogP contribution in [0, 0.1) is 0 Å². The standard InChI is InChI=1S/C13H12Cl3N/c1-8-2-3-9-6-10(15)4-5-11(9)13(16)17-12(8)7-14/h4-6H,2-3,7H2,1H3. The average molecular weight is 289 g/mol. The number of alkyl halides is 1. The van der Waals surface area contributed by atoms with Crippen LogP contribution in [0.15, 0.2) is 34.5 Å². The summed E-state index contributed by atoms with van der Waals surface area (Å²) >= 11 is 18.1. The van der Waals surface area contributed by atoms with E-state index in [0.29, 0.717) is 11.1 Å². The number of aliphatic imine (C=N–C) groups is 1. The van der Waals surface area contributed by atoms with Crippen LogP contribution in [0.5, 0.6) is 0 Å². The molecule has 1 aromatic rings. The maximum absolute atomic E-state index is 6.23. The van der Waals surface area contributed by atoms with Crippen LogP contribution in [-0.2, 0) is 6.42 Å². The summed E-state index contributed by atoms with van der Waals surface area (Å²) in [6.45, 7) is 2.04. The van der Waals surface area contributed by atoms with Crippen molar-refractivity contribution in [2.45, 2.75) is 19.8 Å². The molecule has 0 saturated heterocycles. The van der Waals surface area contributed by atoms with E-state index in [1.54, 1.807) is 0 Å². The molecule has 0 unspecified atom stereocenters. The van der Waals surface area contributed by atoms with E-state index < -0.39 is 0 Å². The second kappa shape index (κ2) is 5.43. The van der Waals surface area contributed by atoms with Crippen molar-refractivity contribution in [3.8, 4) is 0 Å². The van der Waals surface area contributed by atoms with Crippen LogP contribution < -0.4 is 0 Å². The average Bonchev–Trinajstić information content (AvgIpc) is 2.31. The Kier molecular flexibility index (Phi) is 4.13. The van der Waals surface area contributed by atoms with Gasteiger partial charge in [-0.2, -0.15) is 0 Å². The SMILES string of the molecule is CC1=C(CCl)N=C(Cl)c2ccc(Cl)cc2CC1. The van der Waals surface area contributed by atoms with Crippen molar-refractivity contribution >= 4 is 40.0 Å². The van der Waals surface area contributed by atoms with E-state index in [1.165, 1.54) is 5.57 Å². The highest BCUT2D eigenvalue weighted by molar-refractivity contribution is 6.70. The lowest BCUT2D eigenvalue weighted by molar-refractivity contribution is 0.911. The Balaban J connectivity index is 2.53. The Hall–Kier alpha value is -0.500. The molecule has 0 fully saturated rings. The van der Waals surface area contributed by atoms with Crippen LogP contribution in [0.25, 0.3) is 0 Å². The first kappa shape index (κ1) is 12.9. The minimum atomic E-state index is 0.394. The van der Waals surface area contributed by atoms with E-state index in [0.717, 1.165) is 34.7 Å². The van der Waals surface area contributed by atoms with Crippen molar-refractivity contribution in [3.05, 3.63) is 45.6 Å². The first-order chi connectivity index (χ1) is 8.11. The Bertz CT molecular complexity index is 503. The lowest BCUT2D eigenvalue weighted by Gasteiger charge is -2.14. The Morgan fingerprint density at radius 2 is 2.00 bits per heavy atom. The summed E-state index contributed by atoms with van der Waals surface area (Å²) in [6, 6.07) is 5.70. The van der Waals surface area contributed by atoms with E-state index in [4.69, 9.17) is 34.8 Å². The molecule has 1 nitrogen and oxygen atoms in total. The van der Waals surface area contributed by atoms with Gasteiger partial charge in [0.25, 0.3) is 0 Å². The molecule has 0 bridgehead atoms. The smallest absolute Gasteiger partial charge is 0.136 e. The maximum Gasteiger partial charge on any atom is 0.136 e. The molecule has 0 amide bonds. The molecule has 17 heavy (non-hydrogen) atoms. The molecule has 0 spiro atoms. The third-order valence-corrected chi connectivity index (χ3v) is 3.69. The van der Waals surface area contributed by atoms with Crippen molar-refractivity contribution in [1.29, 1.82) is 0 Å². The minimum absolute atomic E-state index is 0.394. The van der Waals surface area contributed by atoms with Crippen LogP contribution in [0.2, 0.25) is 5.02 Å². The van der Waals surface area contributed by atoms with Crippen LogP contribution in [0.3, 0.4) is 0 Å². The van der Waals surface area contributed by atoms with Crippen LogP contribution in [0.4, 0.5) is 0 Å². The van der Waals surface area contributed by atoms with Crippen molar-refractivity contribution in [2.24, 2.45) is 4.99 Å². The number of fused-ring (bicyclic) bond motifs is 1. The second-order valence-electron chi connectivity index (χ2n) is 4.06. The van der Waals surface area contributed by atoms with Gasteiger partial charge in [-0.25, -0.2) is 4.99 Å². The number of allylic oxidation sites excluding steroid dienone is 2. The quantitative estimate of drug-likeness (QED) is 0.659. The van der Waals surface area contributed by atoms with Gasteiger partial charge >= 0.3 is 0 Å². The van der Waals surface area contributed by atoms with Gasteiger partial charge in [0.05, 0.1) is 11.6 Å². The molecule has 1 heterocycles. The van der Waals surface area contributed by atoms with Crippen molar-refractivity contribution < 1.29 is 0 Å². The summed E-state index contributed by atoms with van der Waals surface area (Å²) in [6.07, 6.45) is 1.84. The topological polar surface area (TPSA) is 12.4 Å². The van der Waals surface area contributed by atoms with Crippen LogP contribution in [-0.4, -0.2) is 11.1 Å². The predicted molar refractivity (Wildman–Crippen MR) is 75.6 cm³/mol. The van der Waals surface area contributed by atoms with Crippen LogP contribution >= 0.6 is 34.8 Å². The van der Waals surface area contributed by atoms with Gasteiger partial charge < -0.3 is 0 Å². The predicted octanol–water partition coefficient (Wildman–Crippen LogP) is 4.78. The molecule has 0 saturated carbocycles. The van der Waals surface area contributed by atoms with Gasteiger partial charge in [-0.1, -0.05) is 34.8 Å². The molecule has 2 rings (SSSR count). The van der Waals surface area contributed by atoms with Crippen LogP contribution in [0.1, 0.15) is 24.5 Å². The molecule has 1 aliphatic heterocycles. The number of rotatable bonds is 1. The van der Waals surface area contributed by atoms with E-state index in [-0.39, 0.29) is 0 Å². The summed E-state index contributed by atoms with van der Waals surface area (Å²) in [5, 5.41) is 1.22. The van der Waals surface area contributed by atoms with Crippen molar-refractivity contribution in [2.75, 3.05) is 5.88 Å². The molecule has 0 aromatic heterocycles. The number of halogens is 3. The molecule has 1 aromatic carbocycles. The molecule has 0 atom stereocenters. The Labute approximate surface area is 116 Å². The minimum Gasteiger partial charge on any atom is -0.239 e. The lowest BCUT2D eigenvalue weighted by Crippen LogP contribution is -2.05. The zero-order chi connectivity index (χ0) is 12.4. The fourth-order valence-corrected chi connectivity index (χ4v) is 2.62. The number of hydrogen-bond acceptors (Lipinski definition) is 1. The normalized spacial score (nSPS) is 16.1. The first-order valence-electron chi connectivity index (χ1n) is 5.39. The summed E-state index contributed by atoms with van der Waals surface area (Å²) in [4.78, 5) is 4.39. The summed E-state index contributed by atoms with van der Waals surface area (Å²) in [5.74, 6) is 0.394. The Morgan fingerprint density at radius 1 is 1.24 bits per heavy atom. The van der Waals surface area contributed by atoms with Gasteiger partial charge in [0, 0.05) is 10.6 Å². The Morgan fingerprint density at radius 3 is 2.71 bits per heavy atom. The molecule has 4 heteroatoms. The van der Waals surface area contributed by atoms with Crippen molar-refractivity contribution in [1.82, 2.24) is 0 Å². The molecular formula is C13H12Cl3N. The summed E-state index contributed by atoms with van der Waals surface area (Å²) in [5.41, 5.74) is 4.14. The van der Waals surface area contributed by atoms with E-state index in [9.17, 15) is 0 Å². The van der Waals surface area contributed by atoms with Crippen molar-refractivity contribution in [3.63, 3.8) is 0 Å². The third kappa shape index (κ3) is 2.85. The maximum atomic E-state index is 6.23. The zero-order valence-electron chi connectivity index (χ0n) is 9.43. The van der Waals surface area contributed by atoms with Gasteiger partial charge in [-0.15, -0.1) is 11.6 Å². The van der Waals surface area contributed by atoms with Gasteiger partial charge in [0.15, 0.2) is 0 Å². The van der Waals surface area contributed by atoms with Gasteiger partial charge in [-0.3, -0.25) is 0 Å². The summed E-state index contributed by atoms with van der Waals surface area (Å²) < 4.78 is 0. The number of hydrogen-bond donors (Lipinski definition) is 0. The van der Waals surface area contributed by atoms with Gasteiger partial charge in [-0.05, 0) is 37.5 Å². The number of aryl methyl sites for hydroxylation is 1. The highest BCUT2D eigenvalue weighted by Gasteiger charge is 2.13. The third-order valence-electron chi connectivity index (χ3n) is 2.91. The van der Waals surface area contributed by atoms with Gasteiger partial charge in [0.1, 0.15) is 5.17 Å². The fourth-order valence-electron chi connectivity index (χ4n) is 1.85. The first-order valence-corrected chi connectivity index (χ1v) is 6.68. The monoisotopic (exact) mass is 287 g/mol. The number of benzene rings is 1. The number of nitrogens with zero attached hydrogens (tertiary/aromatic N) is 1.